The molecule has 4 aromatic carbocycles. The first-order valence-electron chi connectivity index (χ1n) is 16.7. The maximum absolute atomic E-state index is 7.27. The molecule has 1 atom stereocenters. The molecule has 2 heterocycles. The summed E-state index contributed by atoms with van der Waals surface area (Å²) in [5, 5.41) is 9.77. The Balaban J connectivity index is 1.32. The van der Waals surface area contributed by atoms with Gasteiger partial charge in [-0.2, -0.15) is 4.58 Å². The minimum atomic E-state index is 0.496. The molecule has 0 bridgehead atoms. The Morgan fingerprint density at radius 1 is 0.848 bits per heavy atom. The molecule has 0 saturated carbocycles. The first-order chi connectivity index (χ1) is 22.4. The Morgan fingerprint density at radius 3 is 2.48 bits per heavy atom. The highest BCUT2D eigenvalue weighted by Crippen LogP contribution is 2.40. The highest BCUT2D eigenvalue weighted by Gasteiger charge is 2.31. The Kier molecular flexibility index (Phi) is 8.89. The molecule has 1 aliphatic carbocycles. The van der Waals surface area contributed by atoms with Gasteiger partial charge in [0.2, 0.25) is 11.4 Å². The largest absolute Gasteiger partial charge is 0.340 e. The fourth-order valence-electron chi connectivity index (χ4n) is 7.46. The molecule has 0 amide bonds. The van der Waals surface area contributed by atoms with E-state index in [2.05, 4.69) is 109 Å². The van der Waals surface area contributed by atoms with Crippen molar-refractivity contribution >= 4 is 84.7 Å². The van der Waals surface area contributed by atoms with E-state index in [1.54, 1.807) is 0 Å². The molecule has 0 saturated heterocycles. The lowest BCUT2D eigenvalue weighted by Gasteiger charge is -2.22. The molecule has 5 heteroatoms. The number of hydrogen-bond donors (Lipinski definition) is 0. The molecular formula is C41H40Cl3N2+. The molecule has 1 unspecified atom stereocenters. The highest BCUT2D eigenvalue weighted by atomic mass is 35.5. The van der Waals surface area contributed by atoms with E-state index < -0.39 is 0 Å². The molecule has 5 aromatic rings. The average Bonchev–Trinajstić information content (AvgIpc) is 3.52. The van der Waals surface area contributed by atoms with Gasteiger partial charge in [0.1, 0.15) is 6.54 Å². The van der Waals surface area contributed by atoms with Gasteiger partial charge in [0, 0.05) is 61.7 Å². The third-order valence-electron chi connectivity index (χ3n) is 9.66. The van der Waals surface area contributed by atoms with Crippen molar-refractivity contribution in [3.05, 3.63) is 116 Å². The summed E-state index contributed by atoms with van der Waals surface area (Å²) in [6.07, 6.45) is 15.5. The third-order valence-corrected chi connectivity index (χ3v) is 10.7. The van der Waals surface area contributed by atoms with E-state index >= 15 is 0 Å². The summed E-state index contributed by atoms with van der Waals surface area (Å²) >= 11 is 20.5. The topological polar surface area (TPSA) is 7.94 Å². The van der Waals surface area contributed by atoms with Crippen LogP contribution in [0.25, 0.3) is 38.5 Å². The number of aromatic nitrogens is 1. The number of allylic oxidation sites excluding steroid dienone is 6. The Hall–Kier alpha value is -3.30. The number of rotatable bonds is 9. The normalized spacial score (nSPS) is 18.3. The molecule has 2 aliphatic rings. The molecule has 1 aliphatic heterocycles. The van der Waals surface area contributed by atoms with E-state index in [0.717, 1.165) is 72.1 Å². The van der Waals surface area contributed by atoms with Crippen molar-refractivity contribution in [1.29, 1.82) is 0 Å². The van der Waals surface area contributed by atoms with Crippen LogP contribution in [0.5, 0.6) is 0 Å². The van der Waals surface area contributed by atoms with Gasteiger partial charge in [-0.1, -0.05) is 111 Å². The maximum atomic E-state index is 7.27. The molecule has 46 heavy (non-hydrogen) atoms. The lowest BCUT2D eigenvalue weighted by molar-refractivity contribution is -0.436. The quantitative estimate of drug-likeness (QED) is 0.138. The van der Waals surface area contributed by atoms with Crippen LogP contribution in [0, 0.1) is 5.92 Å². The van der Waals surface area contributed by atoms with Gasteiger partial charge in [0.05, 0.1) is 16.5 Å². The van der Waals surface area contributed by atoms with E-state index in [1.165, 1.54) is 60.5 Å². The van der Waals surface area contributed by atoms with Crippen molar-refractivity contribution in [2.75, 3.05) is 6.54 Å². The van der Waals surface area contributed by atoms with Crippen LogP contribution in [0.2, 0.25) is 10.0 Å². The van der Waals surface area contributed by atoms with Crippen LogP contribution in [-0.4, -0.2) is 21.4 Å². The standard InChI is InChI=1S/C41H40Cl3N2/c1-4-6-20-45-36(33-13-9-11-31-34(43)16-19-37(45)40(31)33)18-15-29-23-26(3)22-28(41(29)44)14-17-35-32-12-8-10-27-24-30(42)25-38(39(27)32)46(35)21-7-5-2/h8-19,24-26H,4-7,20-23H2,1-3H3/q+1. The summed E-state index contributed by atoms with van der Waals surface area (Å²) in [5.41, 5.74) is 7.30. The zero-order valence-corrected chi connectivity index (χ0v) is 29.1. The summed E-state index contributed by atoms with van der Waals surface area (Å²) in [5.74, 6) is 0.496. The maximum Gasteiger partial charge on any atom is 0.214 e. The fraction of sp³-hybridized carbons (Fsp3) is 0.293. The number of nitrogens with zero attached hydrogens (tertiary/aromatic N) is 2. The van der Waals surface area contributed by atoms with Crippen LogP contribution in [0.15, 0.2) is 95.1 Å². The second-order valence-electron chi connectivity index (χ2n) is 12.9. The van der Waals surface area contributed by atoms with Crippen LogP contribution in [0.1, 0.15) is 64.9 Å². The van der Waals surface area contributed by atoms with Crippen molar-refractivity contribution in [2.24, 2.45) is 5.92 Å². The molecule has 2 nitrogen and oxygen atoms in total. The van der Waals surface area contributed by atoms with Crippen molar-refractivity contribution in [3.63, 3.8) is 0 Å². The minimum absolute atomic E-state index is 0.496. The minimum Gasteiger partial charge on any atom is -0.340 e. The molecule has 0 spiro atoms. The fourth-order valence-corrected chi connectivity index (χ4v) is 8.18. The van der Waals surface area contributed by atoms with Crippen LogP contribution >= 0.6 is 34.8 Å². The summed E-state index contributed by atoms with van der Waals surface area (Å²) in [4.78, 5) is 0. The van der Waals surface area contributed by atoms with Gasteiger partial charge >= 0.3 is 0 Å². The molecule has 0 N–H and O–H groups in total. The number of hydrogen-bond acceptors (Lipinski definition) is 0. The summed E-state index contributed by atoms with van der Waals surface area (Å²) in [6, 6.07) is 21.4. The summed E-state index contributed by atoms with van der Waals surface area (Å²) in [6.45, 7) is 8.74. The Morgan fingerprint density at radius 2 is 1.65 bits per heavy atom. The van der Waals surface area contributed by atoms with Gasteiger partial charge in [-0.15, -0.1) is 0 Å². The number of unbranched alkanes of at least 4 members (excludes halogenated alkanes) is 2. The Bertz CT molecular complexity index is 2180. The lowest BCUT2D eigenvalue weighted by Crippen LogP contribution is -2.16. The number of benzene rings is 4. The summed E-state index contributed by atoms with van der Waals surface area (Å²) < 4.78 is 4.91. The van der Waals surface area contributed by atoms with E-state index in [-0.39, 0.29) is 0 Å². The van der Waals surface area contributed by atoms with Crippen LogP contribution in [0.3, 0.4) is 0 Å². The molecule has 0 fully saturated rings. The molecule has 234 valence electrons. The number of aryl methyl sites for hydroxylation is 1. The predicted octanol–water partition coefficient (Wildman–Crippen LogP) is 11.9. The highest BCUT2D eigenvalue weighted by molar-refractivity contribution is 6.37. The van der Waals surface area contributed by atoms with Gasteiger partial charge in [0.15, 0.2) is 0 Å². The second kappa shape index (κ2) is 13.1. The van der Waals surface area contributed by atoms with E-state index in [9.17, 15) is 0 Å². The smallest absolute Gasteiger partial charge is 0.214 e. The zero-order valence-electron chi connectivity index (χ0n) is 26.8. The zero-order chi connectivity index (χ0) is 31.9. The van der Waals surface area contributed by atoms with Crippen molar-refractivity contribution in [3.8, 4) is 0 Å². The van der Waals surface area contributed by atoms with E-state index in [4.69, 9.17) is 34.8 Å². The van der Waals surface area contributed by atoms with Gasteiger partial charge in [-0.05, 0) is 72.1 Å². The average molecular weight is 667 g/mol. The molecule has 7 rings (SSSR count). The van der Waals surface area contributed by atoms with Crippen molar-refractivity contribution in [2.45, 2.75) is 65.8 Å². The first kappa shape index (κ1) is 31.3. The lowest BCUT2D eigenvalue weighted by atomic mass is 9.86. The van der Waals surface area contributed by atoms with E-state index in [0.29, 0.717) is 5.92 Å². The van der Waals surface area contributed by atoms with Gasteiger partial charge in [-0.3, -0.25) is 0 Å². The molecule has 0 radical (unpaired) electrons. The second-order valence-corrected chi connectivity index (χ2v) is 14.2. The SMILES string of the molecule is CCCCn1/c(=C/C=C2\CC(C)CC(/C=C/C3=[N+](CCCC)c4ccc(Cl)c5cccc3c45)=C2Cl)c2cccc3cc(Cl)cc1c32. The molecule has 1 aromatic heterocycles. The number of halogens is 3. The van der Waals surface area contributed by atoms with Gasteiger partial charge < -0.3 is 4.57 Å². The van der Waals surface area contributed by atoms with Crippen molar-refractivity contribution in [1.82, 2.24) is 4.57 Å². The van der Waals surface area contributed by atoms with E-state index in [1.807, 2.05) is 6.07 Å². The predicted molar refractivity (Wildman–Crippen MR) is 200 cm³/mol. The first-order valence-corrected chi connectivity index (χ1v) is 17.9. The third kappa shape index (κ3) is 5.53. The summed E-state index contributed by atoms with van der Waals surface area (Å²) in [7, 11) is 0. The molecular weight excluding hydrogens is 627 g/mol. The van der Waals surface area contributed by atoms with Crippen LogP contribution in [0.4, 0.5) is 5.69 Å². The Labute approximate surface area is 286 Å². The van der Waals surface area contributed by atoms with Crippen LogP contribution in [-0.2, 0) is 6.54 Å². The van der Waals surface area contributed by atoms with Crippen molar-refractivity contribution < 1.29 is 4.58 Å². The van der Waals surface area contributed by atoms with Gasteiger partial charge in [0.25, 0.3) is 0 Å². The monoisotopic (exact) mass is 665 g/mol. The van der Waals surface area contributed by atoms with Gasteiger partial charge in [-0.25, -0.2) is 0 Å². The van der Waals surface area contributed by atoms with Crippen LogP contribution < -0.4 is 5.35 Å².